The van der Waals surface area contributed by atoms with E-state index in [2.05, 4.69) is 51.6 Å². The van der Waals surface area contributed by atoms with Crippen LogP contribution < -0.4 is 5.32 Å². The monoisotopic (exact) mass is 432 g/mol. The zero-order valence-corrected chi connectivity index (χ0v) is 17.6. The molecule has 2 aromatic carbocycles. The fraction of sp³-hybridized carbons (Fsp3) is 0.435. The van der Waals surface area contributed by atoms with Gasteiger partial charge in [0.1, 0.15) is 0 Å². The van der Waals surface area contributed by atoms with E-state index in [9.17, 15) is 18.0 Å². The van der Waals surface area contributed by atoms with Crippen LogP contribution in [0.2, 0.25) is 0 Å². The molecule has 0 unspecified atom stereocenters. The molecule has 5 nitrogen and oxygen atoms in total. The van der Waals surface area contributed by atoms with Crippen molar-refractivity contribution in [3.05, 3.63) is 65.0 Å². The van der Waals surface area contributed by atoms with Gasteiger partial charge in [0.2, 0.25) is 0 Å². The van der Waals surface area contributed by atoms with Crippen LogP contribution >= 0.6 is 0 Å². The summed E-state index contributed by atoms with van der Waals surface area (Å²) in [4.78, 5) is 14.3. The summed E-state index contributed by atoms with van der Waals surface area (Å²) in [5.74, 6) is -4.34. The van der Waals surface area contributed by atoms with E-state index in [-0.39, 0.29) is 5.69 Å². The third-order valence-corrected chi connectivity index (χ3v) is 5.43. The number of benzene rings is 2. The van der Waals surface area contributed by atoms with Gasteiger partial charge < -0.3 is 5.32 Å². The van der Waals surface area contributed by atoms with Crippen LogP contribution in [0.1, 0.15) is 37.3 Å². The molecule has 0 bridgehead atoms. The van der Waals surface area contributed by atoms with E-state index in [1.165, 1.54) is 11.1 Å². The summed E-state index contributed by atoms with van der Waals surface area (Å²) in [5.41, 5.74) is 2.61. The predicted octanol–water partition coefficient (Wildman–Crippen LogP) is 5.56. The van der Waals surface area contributed by atoms with Gasteiger partial charge in [-0.25, -0.2) is 18.0 Å². The largest absolute Gasteiger partial charge is 0.359 e. The van der Waals surface area contributed by atoms with Crippen molar-refractivity contribution in [3.8, 4) is 0 Å². The summed E-state index contributed by atoms with van der Waals surface area (Å²) >= 11 is 0. The number of urea groups is 1. The number of hydrogen-bond donors (Lipinski definition) is 1. The minimum atomic E-state index is -1.58. The molecule has 166 valence electrons. The average molecular weight is 432 g/mol. The molecule has 0 aliphatic heterocycles. The number of amides is 2. The third kappa shape index (κ3) is 6.37. The van der Waals surface area contributed by atoms with Gasteiger partial charge in [0.25, 0.3) is 0 Å². The quantitative estimate of drug-likeness (QED) is 0.321. The standard InChI is InChI=1S/C23H27F3N4O/c1-2-10-30(19-12-16-7-3-4-8-17(16)13-19)11-6-5-9-27-23(31)29-28-18-14-20(24)22(26)21(25)15-18/h3-4,7-8,14-15,19H,2,5-6,9-13H2,1H3,(H,27,31). The van der Waals surface area contributed by atoms with Crippen molar-refractivity contribution < 1.29 is 18.0 Å². The van der Waals surface area contributed by atoms with E-state index in [0.29, 0.717) is 24.7 Å². The molecule has 0 heterocycles. The summed E-state index contributed by atoms with van der Waals surface area (Å²) in [5, 5.41) is 9.42. The second-order valence-corrected chi connectivity index (χ2v) is 7.73. The molecule has 0 saturated carbocycles. The van der Waals surface area contributed by atoms with Crippen molar-refractivity contribution in [1.29, 1.82) is 0 Å². The first kappa shape index (κ1) is 22.9. The SMILES string of the molecule is CCCN(CCCCNC(=O)N=Nc1cc(F)c(F)c(F)c1)C1Cc2ccccc2C1. The lowest BCUT2D eigenvalue weighted by atomic mass is 10.1. The Morgan fingerprint density at radius 1 is 1.06 bits per heavy atom. The van der Waals surface area contributed by atoms with E-state index in [4.69, 9.17) is 0 Å². The molecule has 0 atom stereocenters. The summed E-state index contributed by atoms with van der Waals surface area (Å²) in [6, 6.07) is 9.77. The molecule has 0 fully saturated rings. The van der Waals surface area contributed by atoms with Gasteiger partial charge in [0.05, 0.1) is 5.69 Å². The van der Waals surface area contributed by atoms with Gasteiger partial charge in [-0.2, -0.15) is 0 Å². The highest BCUT2D eigenvalue weighted by Crippen LogP contribution is 2.26. The highest BCUT2D eigenvalue weighted by molar-refractivity contribution is 5.74. The third-order valence-electron chi connectivity index (χ3n) is 5.43. The molecule has 2 aromatic rings. The van der Waals surface area contributed by atoms with E-state index in [0.717, 1.165) is 45.2 Å². The lowest BCUT2D eigenvalue weighted by Gasteiger charge is -2.28. The molecule has 1 aliphatic rings. The number of nitrogens with zero attached hydrogens (tertiary/aromatic N) is 3. The fourth-order valence-electron chi connectivity index (χ4n) is 3.93. The smallest absolute Gasteiger partial charge is 0.335 e. The van der Waals surface area contributed by atoms with Crippen LogP contribution in [0, 0.1) is 17.5 Å². The Morgan fingerprint density at radius 3 is 2.32 bits per heavy atom. The predicted molar refractivity (Wildman–Crippen MR) is 113 cm³/mol. The van der Waals surface area contributed by atoms with Crippen molar-refractivity contribution >= 4 is 11.7 Å². The van der Waals surface area contributed by atoms with Gasteiger partial charge in [-0.3, -0.25) is 4.90 Å². The van der Waals surface area contributed by atoms with Gasteiger partial charge in [0, 0.05) is 24.7 Å². The lowest BCUT2D eigenvalue weighted by molar-refractivity contribution is 0.197. The summed E-state index contributed by atoms with van der Waals surface area (Å²) < 4.78 is 39.2. The van der Waals surface area contributed by atoms with Crippen molar-refractivity contribution in [2.24, 2.45) is 10.2 Å². The van der Waals surface area contributed by atoms with E-state index >= 15 is 0 Å². The van der Waals surface area contributed by atoms with Crippen LogP contribution in [0.25, 0.3) is 0 Å². The van der Waals surface area contributed by atoms with E-state index in [1.54, 1.807) is 0 Å². The molecule has 1 N–H and O–H groups in total. The molecule has 3 rings (SSSR count). The number of unbranched alkanes of at least 4 members (excludes halogenated alkanes) is 1. The van der Waals surface area contributed by atoms with Crippen molar-refractivity contribution in [1.82, 2.24) is 10.2 Å². The molecule has 0 aromatic heterocycles. The Bertz CT molecular complexity index is 887. The Balaban J connectivity index is 1.39. The number of hydrogen-bond acceptors (Lipinski definition) is 3. The van der Waals surface area contributed by atoms with Crippen LogP contribution in [-0.2, 0) is 12.8 Å². The van der Waals surface area contributed by atoms with Gasteiger partial charge in [-0.1, -0.05) is 36.3 Å². The Labute approximate surface area is 180 Å². The topological polar surface area (TPSA) is 57.1 Å². The average Bonchev–Trinajstić information content (AvgIpc) is 3.19. The van der Waals surface area contributed by atoms with Crippen molar-refractivity contribution in [3.63, 3.8) is 0 Å². The van der Waals surface area contributed by atoms with Crippen LogP contribution in [0.3, 0.4) is 0 Å². The van der Waals surface area contributed by atoms with Gasteiger partial charge >= 0.3 is 6.03 Å². The minimum Gasteiger partial charge on any atom is -0.335 e. The van der Waals surface area contributed by atoms with E-state index < -0.39 is 23.5 Å². The van der Waals surface area contributed by atoms with Gasteiger partial charge in [-0.15, -0.1) is 5.11 Å². The molecular weight excluding hydrogens is 405 g/mol. The molecule has 2 amide bonds. The minimum absolute atomic E-state index is 0.265. The Kier molecular flexibility index (Phi) is 8.17. The number of azo groups is 1. The first-order valence-electron chi connectivity index (χ1n) is 10.6. The van der Waals surface area contributed by atoms with E-state index in [1.807, 2.05) is 0 Å². The Morgan fingerprint density at radius 2 is 1.71 bits per heavy atom. The lowest BCUT2D eigenvalue weighted by Crippen LogP contribution is -2.37. The number of fused-ring (bicyclic) bond motifs is 1. The maximum Gasteiger partial charge on any atom is 0.359 e. The van der Waals surface area contributed by atoms with Crippen molar-refractivity contribution in [2.45, 2.75) is 45.1 Å². The first-order chi connectivity index (χ1) is 15.0. The highest BCUT2D eigenvalue weighted by Gasteiger charge is 2.25. The van der Waals surface area contributed by atoms with Crippen LogP contribution in [0.15, 0.2) is 46.6 Å². The summed E-state index contributed by atoms with van der Waals surface area (Å²) in [7, 11) is 0. The number of carbonyl (C=O) groups is 1. The van der Waals surface area contributed by atoms with Crippen LogP contribution in [0.4, 0.5) is 23.7 Å². The normalized spacial score (nSPS) is 13.8. The molecule has 1 aliphatic carbocycles. The zero-order valence-electron chi connectivity index (χ0n) is 17.6. The van der Waals surface area contributed by atoms with Crippen molar-refractivity contribution in [2.75, 3.05) is 19.6 Å². The zero-order chi connectivity index (χ0) is 22.2. The number of nitrogens with one attached hydrogen (secondary N) is 1. The molecule has 0 spiro atoms. The van der Waals surface area contributed by atoms with Gasteiger partial charge in [-0.05, 0) is 56.3 Å². The highest BCUT2D eigenvalue weighted by atomic mass is 19.2. The number of carbonyl (C=O) groups excluding carboxylic acids is 1. The molecule has 0 radical (unpaired) electrons. The Hall–Kier alpha value is -2.74. The molecule has 8 heteroatoms. The number of rotatable bonds is 9. The van der Waals surface area contributed by atoms with Crippen LogP contribution in [0.5, 0.6) is 0 Å². The maximum absolute atomic E-state index is 13.1. The summed E-state index contributed by atoms with van der Waals surface area (Å²) in [6.07, 6.45) is 4.96. The molecule has 31 heavy (non-hydrogen) atoms. The number of halogens is 3. The maximum atomic E-state index is 13.1. The molecular formula is C23H27F3N4O. The summed E-state index contributed by atoms with van der Waals surface area (Å²) in [6.45, 7) is 4.61. The second kappa shape index (κ2) is 11.0. The second-order valence-electron chi connectivity index (χ2n) is 7.73. The van der Waals surface area contributed by atoms with Crippen LogP contribution in [-0.4, -0.2) is 36.6 Å². The van der Waals surface area contributed by atoms with Gasteiger partial charge in [0.15, 0.2) is 17.5 Å². The molecule has 0 saturated heterocycles. The first-order valence-corrected chi connectivity index (χ1v) is 10.6. The fourth-order valence-corrected chi connectivity index (χ4v) is 3.93.